The molecule has 1 aliphatic rings. The summed E-state index contributed by atoms with van der Waals surface area (Å²) in [7, 11) is -3.53. The van der Waals surface area contributed by atoms with Crippen molar-refractivity contribution in [3.05, 3.63) is 23.2 Å². The summed E-state index contributed by atoms with van der Waals surface area (Å²) in [5.74, 6) is -0.633. The van der Waals surface area contributed by atoms with Crippen LogP contribution in [0.1, 0.15) is 6.92 Å². The minimum atomic E-state index is -3.53. The molecule has 0 aliphatic carbocycles. The first-order chi connectivity index (χ1) is 8.78. The fourth-order valence-electron chi connectivity index (χ4n) is 2.44. The molecule has 0 aromatic carbocycles. The number of hydrogen-bond donors (Lipinski definition) is 1. The molecule has 0 saturated carbocycles. The summed E-state index contributed by atoms with van der Waals surface area (Å²) >= 11 is 5.95. The molecule has 2 N–H and O–H groups in total. The quantitative estimate of drug-likeness (QED) is 0.911. The summed E-state index contributed by atoms with van der Waals surface area (Å²) in [5.41, 5.74) is 0.278. The van der Waals surface area contributed by atoms with E-state index in [0.29, 0.717) is 13.1 Å². The molecule has 1 saturated heterocycles. The average molecular weight is 308 g/mol. The molecule has 1 aliphatic heterocycles. The van der Waals surface area contributed by atoms with Crippen LogP contribution in [0.3, 0.4) is 0 Å². The van der Waals surface area contributed by atoms with Gasteiger partial charge in [-0.3, -0.25) is 4.98 Å². The number of hydrogen-bond acceptors (Lipinski definition) is 4. The molecule has 0 bridgehead atoms. The normalized spacial score (nSPS) is 23.9. The second-order valence-corrected chi connectivity index (χ2v) is 6.99. The number of nitrogens with zero attached hydrogens (tertiary/aromatic N) is 2. The number of anilines is 1. The van der Waals surface area contributed by atoms with Crippen molar-refractivity contribution < 1.29 is 12.8 Å². The number of nitrogens with two attached hydrogens (primary N) is 1. The molecule has 5 nitrogen and oxygen atoms in total. The van der Waals surface area contributed by atoms with Crippen LogP contribution >= 0.6 is 11.6 Å². The van der Waals surface area contributed by atoms with E-state index >= 15 is 0 Å². The maximum absolute atomic E-state index is 13.8. The van der Waals surface area contributed by atoms with Crippen molar-refractivity contribution in [3.8, 4) is 0 Å². The summed E-state index contributed by atoms with van der Waals surface area (Å²) in [6, 6.07) is 0. The number of aromatic nitrogens is 1. The minimum absolute atomic E-state index is 0.0990. The van der Waals surface area contributed by atoms with E-state index in [0.717, 1.165) is 6.20 Å². The third kappa shape index (κ3) is 3.34. The van der Waals surface area contributed by atoms with Gasteiger partial charge >= 0.3 is 0 Å². The van der Waals surface area contributed by atoms with Gasteiger partial charge in [-0.1, -0.05) is 18.5 Å². The van der Waals surface area contributed by atoms with Crippen LogP contribution in [-0.4, -0.2) is 32.2 Å². The summed E-state index contributed by atoms with van der Waals surface area (Å²) in [6.07, 6.45) is 2.47. The minimum Gasteiger partial charge on any atom is -0.367 e. The fourth-order valence-corrected chi connectivity index (χ4v) is 3.74. The lowest BCUT2D eigenvalue weighted by molar-refractivity contribution is 0.486. The molecule has 2 rings (SSSR count). The van der Waals surface area contributed by atoms with Crippen molar-refractivity contribution in [2.75, 3.05) is 23.7 Å². The van der Waals surface area contributed by atoms with E-state index in [1.54, 1.807) is 4.90 Å². The van der Waals surface area contributed by atoms with Crippen LogP contribution in [0.25, 0.3) is 0 Å². The molecular formula is C11H15ClFN3O2S. The van der Waals surface area contributed by atoms with Gasteiger partial charge in [0.2, 0.25) is 10.0 Å². The van der Waals surface area contributed by atoms with Crippen LogP contribution in [0.5, 0.6) is 0 Å². The highest BCUT2D eigenvalue weighted by atomic mass is 35.5. The van der Waals surface area contributed by atoms with Gasteiger partial charge in [0.05, 0.1) is 22.7 Å². The summed E-state index contributed by atoms with van der Waals surface area (Å²) in [4.78, 5) is 5.41. The van der Waals surface area contributed by atoms with Crippen molar-refractivity contribution >= 4 is 27.3 Å². The molecule has 8 heteroatoms. The van der Waals surface area contributed by atoms with Gasteiger partial charge in [-0.2, -0.15) is 0 Å². The zero-order chi connectivity index (χ0) is 14.2. The van der Waals surface area contributed by atoms with Gasteiger partial charge in [0.15, 0.2) is 5.82 Å². The van der Waals surface area contributed by atoms with Gasteiger partial charge in [0.25, 0.3) is 0 Å². The largest absolute Gasteiger partial charge is 0.367 e. The molecule has 0 amide bonds. The van der Waals surface area contributed by atoms with E-state index in [-0.39, 0.29) is 28.3 Å². The molecule has 19 heavy (non-hydrogen) atoms. The van der Waals surface area contributed by atoms with Crippen LogP contribution in [-0.2, 0) is 10.0 Å². The van der Waals surface area contributed by atoms with Gasteiger partial charge in [-0.25, -0.2) is 17.9 Å². The van der Waals surface area contributed by atoms with Gasteiger partial charge in [0.1, 0.15) is 0 Å². The van der Waals surface area contributed by atoms with Gasteiger partial charge in [-0.05, 0) is 11.8 Å². The highest BCUT2D eigenvalue weighted by Crippen LogP contribution is 2.34. The van der Waals surface area contributed by atoms with E-state index in [4.69, 9.17) is 16.7 Å². The number of sulfonamides is 1. The van der Waals surface area contributed by atoms with E-state index in [1.165, 1.54) is 6.20 Å². The Hall–Kier alpha value is -0.920. The first kappa shape index (κ1) is 14.5. The molecule has 106 valence electrons. The molecule has 0 spiro atoms. The molecule has 1 aromatic heterocycles. The van der Waals surface area contributed by atoms with Crippen molar-refractivity contribution in [1.29, 1.82) is 0 Å². The zero-order valence-corrected chi connectivity index (χ0v) is 12.0. The molecule has 0 unspecified atom stereocenters. The molecule has 1 aromatic rings. The molecular weight excluding hydrogens is 293 g/mol. The number of rotatable bonds is 3. The average Bonchev–Trinajstić information content (AvgIpc) is 2.57. The maximum atomic E-state index is 13.8. The predicted octanol–water partition coefficient (Wildman–Crippen LogP) is 1.23. The number of pyridine rings is 1. The van der Waals surface area contributed by atoms with E-state index < -0.39 is 15.8 Å². The number of halogens is 2. The smallest absolute Gasteiger partial charge is 0.209 e. The van der Waals surface area contributed by atoms with Crippen molar-refractivity contribution in [2.24, 2.45) is 17.0 Å². The Bertz CT molecular complexity index is 561. The summed E-state index contributed by atoms with van der Waals surface area (Å²) in [5, 5.41) is 5.29. The highest BCUT2D eigenvalue weighted by molar-refractivity contribution is 7.89. The number of primary sulfonamides is 1. The van der Waals surface area contributed by atoms with E-state index in [1.807, 2.05) is 6.92 Å². The second-order valence-electron chi connectivity index (χ2n) is 4.92. The van der Waals surface area contributed by atoms with Crippen LogP contribution < -0.4 is 10.0 Å². The Morgan fingerprint density at radius 3 is 2.79 bits per heavy atom. The molecule has 2 atom stereocenters. The van der Waals surface area contributed by atoms with Crippen molar-refractivity contribution in [2.45, 2.75) is 6.92 Å². The van der Waals surface area contributed by atoms with Crippen LogP contribution in [0.15, 0.2) is 12.4 Å². The van der Waals surface area contributed by atoms with Gasteiger partial charge in [-0.15, -0.1) is 0 Å². The third-order valence-corrected chi connectivity index (χ3v) is 4.53. The Morgan fingerprint density at radius 1 is 1.53 bits per heavy atom. The van der Waals surface area contributed by atoms with Gasteiger partial charge < -0.3 is 4.90 Å². The topological polar surface area (TPSA) is 76.3 Å². The highest BCUT2D eigenvalue weighted by Gasteiger charge is 2.34. The van der Waals surface area contributed by atoms with Crippen LogP contribution in [0.2, 0.25) is 5.02 Å². The monoisotopic (exact) mass is 307 g/mol. The van der Waals surface area contributed by atoms with E-state index in [2.05, 4.69) is 4.98 Å². The predicted molar refractivity (Wildman–Crippen MR) is 72.0 cm³/mol. The van der Waals surface area contributed by atoms with Crippen molar-refractivity contribution in [3.63, 3.8) is 0 Å². The lowest BCUT2D eigenvalue weighted by atomic mass is 10.0. The summed E-state index contributed by atoms with van der Waals surface area (Å²) < 4.78 is 36.1. The summed E-state index contributed by atoms with van der Waals surface area (Å²) in [6.45, 7) is 2.88. The van der Waals surface area contributed by atoms with Crippen molar-refractivity contribution in [1.82, 2.24) is 4.98 Å². The SMILES string of the molecule is C[C@@H]1CN(c2c(F)cncc2Cl)C[C@H]1CS(N)(=O)=O. The van der Waals surface area contributed by atoms with Gasteiger partial charge in [0, 0.05) is 19.3 Å². The Labute approximate surface area is 116 Å². The second kappa shape index (κ2) is 5.22. The Morgan fingerprint density at radius 2 is 2.21 bits per heavy atom. The Kier molecular flexibility index (Phi) is 3.98. The maximum Gasteiger partial charge on any atom is 0.209 e. The lowest BCUT2D eigenvalue weighted by Gasteiger charge is -2.20. The molecule has 0 radical (unpaired) electrons. The zero-order valence-electron chi connectivity index (χ0n) is 10.4. The fraction of sp³-hybridized carbons (Fsp3) is 0.545. The third-order valence-electron chi connectivity index (χ3n) is 3.36. The lowest BCUT2D eigenvalue weighted by Crippen LogP contribution is -2.27. The van der Waals surface area contributed by atoms with Crippen LogP contribution in [0.4, 0.5) is 10.1 Å². The van der Waals surface area contributed by atoms with Crippen LogP contribution in [0, 0.1) is 17.7 Å². The first-order valence-corrected chi connectivity index (χ1v) is 7.91. The Balaban J connectivity index is 2.21. The van der Waals surface area contributed by atoms with E-state index in [9.17, 15) is 12.8 Å². The first-order valence-electron chi connectivity index (χ1n) is 5.82. The standard InChI is InChI=1S/C11H15ClFN3O2S/c1-7-4-16(5-8(7)6-19(14,17)18)11-9(12)2-15-3-10(11)13/h2-3,7-8H,4-6H2,1H3,(H2,14,17,18)/t7-,8+/m1/s1. The molecule has 1 fully saturated rings. The molecule has 2 heterocycles.